The maximum Gasteiger partial charge on any atom is 0.321 e. The Balaban J connectivity index is 1.90. The van der Waals surface area contributed by atoms with Gasteiger partial charge in [-0.05, 0) is 6.92 Å². The molecule has 3 rings (SSSR count). The van der Waals surface area contributed by atoms with Crippen LogP contribution >= 0.6 is 11.8 Å². The Morgan fingerprint density at radius 3 is 2.19 bits per heavy atom. The number of amides is 3. The molecule has 7 heteroatoms. The standard InChI is InChI=1S/C20H19N3O3S/c1-13(18(24)23-19(25)21-2)27-20-22-16(14-9-5-3-6-10-14)17(26-20)15-11-7-4-8-12-15/h3-13H,1-2H3,(H2,21,23,24,25). The molecular formula is C20H19N3O3S. The molecule has 1 unspecified atom stereocenters. The van der Waals surface area contributed by atoms with Crippen LogP contribution in [0.3, 0.4) is 0 Å². The number of hydrogen-bond acceptors (Lipinski definition) is 5. The molecule has 0 spiro atoms. The summed E-state index contributed by atoms with van der Waals surface area (Å²) in [6.07, 6.45) is 0. The topological polar surface area (TPSA) is 84.2 Å². The zero-order valence-electron chi connectivity index (χ0n) is 14.9. The van der Waals surface area contributed by atoms with Gasteiger partial charge < -0.3 is 9.73 Å². The Bertz CT molecular complexity index is 869. The van der Waals surface area contributed by atoms with Crippen molar-refractivity contribution in [2.24, 2.45) is 0 Å². The maximum absolute atomic E-state index is 12.1. The van der Waals surface area contributed by atoms with Gasteiger partial charge in [0.2, 0.25) is 5.91 Å². The molecule has 3 amide bonds. The largest absolute Gasteiger partial charge is 0.431 e. The summed E-state index contributed by atoms with van der Waals surface area (Å²) >= 11 is 1.16. The van der Waals surface area contributed by atoms with Crippen molar-refractivity contribution in [3.05, 3.63) is 60.7 Å². The number of carbonyl (C=O) groups excluding carboxylic acids is 2. The van der Waals surface area contributed by atoms with Crippen LogP contribution in [0.2, 0.25) is 0 Å². The molecule has 3 aromatic rings. The van der Waals surface area contributed by atoms with Crippen molar-refractivity contribution in [1.82, 2.24) is 15.6 Å². The van der Waals surface area contributed by atoms with Crippen molar-refractivity contribution >= 4 is 23.7 Å². The number of nitrogens with one attached hydrogen (secondary N) is 2. The molecule has 1 aromatic heterocycles. The lowest BCUT2D eigenvalue weighted by Crippen LogP contribution is -2.41. The lowest BCUT2D eigenvalue weighted by molar-refractivity contribution is -0.119. The van der Waals surface area contributed by atoms with Gasteiger partial charge in [0.25, 0.3) is 5.22 Å². The van der Waals surface area contributed by atoms with E-state index in [9.17, 15) is 9.59 Å². The van der Waals surface area contributed by atoms with E-state index in [4.69, 9.17) is 4.42 Å². The summed E-state index contributed by atoms with van der Waals surface area (Å²) < 4.78 is 5.98. The second-order valence-electron chi connectivity index (χ2n) is 5.72. The van der Waals surface area contributed by atoms with Crippen LogP contribution in [-0.2, 0) is 4.79 Å². The van der Waals surface area contributed by atoms with Gasteiger partial charge in [0.05, 0.1) is 5.25 Å². The van der Waals surface area contributed by atoms with Gasteiger partial charge in [-0.1, -0.05) is 72.4 Å². The highest BCUT2D eigenvalue weighted by atomic mass is 32.2. The second-order valence-corrected chi connectivity index (χ2v) is 7.01. The van der Waals surface area contributed by atoms with E-state index in [1.165, 1.54) is 7.05 Å². The van der Waals surface area contributed by atoms with Gasteiger partial charge in [0.1, 0.15) is 5.69 Å². The maximum atomic E-state index is 12.1. The molecule has 0 saturated carbocycles. The average molecular weight is 381 g/mol. The lowest BCUT2D eigenvalue weighted by Gasteiger charge is -2.08. The van der Waals surface area contributed by atoms with Crippen molar-refractivity contribution in [1.29, 1.82) is 0 Å². The summed E-state index contributed by atoms with van der Waals surface area (Å²) in [6, 6.07) is 18.9. The molecule has 0 radical (unpaired) electrons. The fourth-order valence-electron chi connectivity index (χ4n) is 2.41. The van der Waals surface area contributed by atoms with Crippen molar-refractivity contribution < 1.29 is 14.0 Å². The normalized spacial score (nSPS) is 11.6. The minimum atomic E-state index is -0.548. The lowest BCUT2D eigenvalue weighted by atomic mass is 10.1. The van der Waals surface area contributed by atoms with E-state index in [1.807, 2.05) is 60.7 Å². The molecule has 0 saturated heterocycles. The molecule has 0 bridgehead atoms. The van der Waals surface area contributed by atoms with Crippen molar-refractivity contribution in [3.8, 4) is 22.6 Å². The predicted octanol–water partition coefficient (Wildman–Crippen LogP) is 3.94. The van der Waals surface area contributed by atoms with Crippen LogP contribution in [0.15, 0.2) is 70.3 Å². The number of rotatable bonds is 5. The average Bonchev–Trinajstić information content (AvgIpc) is 3.13. The van der Waals surface area contributed by atoms with Crippen LogP contribution in [0.25, 0.3) is 22.6 Å². The van der Waals surface area contributed by atoms with Crippen molar-refractivity contribution in [3.63, 3.8) is 0 Å². The minimum absolute atomic E-state index is 0.368. The molecule has 138 valence electrons. The first kappa shape index (κ1) is 18.7. The van der Waals surface area contributed by atoms with E-state index < -0.39 is 17.2 Å². The van der Waals surface area contributed by atoms with E-state index >= 15 is 0 Å². The van der Waals surface area contributed by atoms with Gasteiger partial charge in [-0.25, -0.2) is 9.78 Å². The molecule has 0 aliphatic carbocycles. The SMILES string of the molecule is CNC(=O)NC(=O)C(C)Sc1nc(-c2ccccc2)c(-c2ccccc2)o1. The summed E-state index contributed by atoms with van der Waals surface area (Å²) in [5, 5.41) is 4.43. The Kier molecular flexibility index (Phi) is 5.93. The second kappa shape index (κ2) is 8.55. The first-order valence-electron chi connectivity index (χ1n) is 8.39. The van der Waals surface area contributed by atoms with Crippen LogP contribution in [0.1, 0.15) is 6.92 Å². The van der Waals surface area contributed by atoms with Crippen LogP contribution < -0.4 is 10.6 Å². The Labute approximate surface area is 161 Å². The van der Waals surface area contributed by atoms with Crippen LogP contribution in [0.4, 0.5) is 4.79 Å². The molecule has 0 fully saturated rings. The Morgan fingerprint density at radius 1 is 1.00 bits per heavy atom. The number of hydrogen-bond donors (Lipinski definition) is 2. The van der Waals surface area contributed by atoms with Gasteiger partial charge in [0, 0.05) is 18.2 Å². The van der Waals surface area contributed by atoms with Gasteiger partial charge >= 0.3 is 6.03 Å². The number of thioether (sulfide) groups is 1. The number of carbonyl (C=O) groups is 2. The molecule has 0 aliphatic rings. The van der Waals surface area contributed by atoms with Gasteiger partial charge in [-0.15, -0.1) is 0 Å². The Morgan fingerprint density at radius 2 is 1.59 bits per heavy atom. The summed E-state index contributed by atoms with van der Waals surface area (Å²) in [5.41, 5.74) is 2.54. The van der Waals surface area contributed by atoms with E-state index in [2.05, 4.69) is 15.6 Å². The highest BCUT2D eigenvalue weighted by Crippen LogP contribution is 2.36. The number of benzene rings is 2. The van der Waals surface area contributed by atoms with Crippen LogP contribution in [-0.4, -0.2) is 29.2 Å². The number of urea groups is 1. The quantitative estimate of drug-likeness (QED) is 0.654. The number of oxazole rings is 1. The number of aromatic nitrogens is 1. The van der Waals surface area contributed by atoms with Crippen LogP contribution in [0.5, 0.6) is 0 Å². The molecule has 2 aromatic carbocycles. The molecule has 1 heterocycles. The molecule has 6 nitrogen and oxygen atoms in total. The predicted molar refractivity (Wildman–Crippen MR) is 105 cm³/mol. The summed E-state index contributed by atoms with van der Waals surface area (Å²) in [4.78, 5) is 28.0. The zero-order valence-corrected chi connectivity index (χ0v) is 15.7. The van der Waals surface area contributed by atoms with E-state index in [-0.39, 0.29) is 0 Å². The van der Waals surface area contributed by atoms with Gasteiger partial charge in [-0.2, -0.15) is 0 Å². The van der Waals surface area contributed by atoms with E-state index in [0.717, 1.165) is 22.9 Å². The molecular weight excluding hydrogens is 362 g/mol. The molecule has 0 aliphatic heterocycles. The fraction of sp³-hybridized carbons (Fsp3) is 0.150. The molecule has 1 atom stereocenters. The third-order valence-electron chi connectivity index (χ3n) is 3.80. The fourth-order valence-corrected chi connectivity index (χ4v) is 3.15. The monoisotopic (exact) mass is 381 g/mol. The van der Waals surface area contributed by atoms with Crippen molar-refractivity contribution in [2.75, 3.05) is 7.05 Å². The van der Waals surface area contributed by atoms with Crippen molar-refractivity contribution in [2.45, 2.75) is 17.4 Å². The highest BCUT2D eigenvalue weighted by molar-refractivity contribution is 8.00. The highest BCUT2D eigenvalue weighted by Gasteiger charge is 2.22. The first-order valence-corrected chi connectivity index (χ1v) is 9.27. The molecule has 2 N–H and O–H groups in total. The number of imide groups is 1. The minimum Gasteiger partial charge on any atom is -0.431 e. The van der Waals surface area contributed by atoms with Gasteiger partial charge in [0.15, 0.2) is 5.76 Å². The van der Waals surface area contributed by atoms with Crippen LogP contribution in [0, 0.1) is 0 Å². The third-order valence-corrected chi connectivity index (χ3v) is 4.75. The number of nitrogens with zero attached hydrogens (tertiary/aromatic N) is 1. The Hall–Kier alpha value is -3.06. The van der Waals surface area contributed by atoms with E-state index in [1.54, 1.807) is 6.92 Å². The molecule has 27 heavy (non-hydrogen) atoms. The summed E-state index contributed by atoms with van der Waals surface area (Å²) in [6.45, 7) is 1.69. The summed E-state index contributed by atoms with van der Waals surface area (Å²) in [7, 11) is 1.45. The zero-order chi connectivity index (χ0) is 19.2. The first-order chi connectivity index (χ1) is 13.1. The third kappa shape index (κ3) is 4.57. The van der Waals surface area contributed by atoms with E-state index in [0.29, 0.717) is 16.7 Å². The van der Waals surface area contributed by atoms with Gasteiger partial charge in [-0.3, -0.25) is 10.1 Å². The summed E-state index contributed by atoms with van der Waals surface area (Å²) in [5.74, 6) is 0.225. The smallest absolute Gasteiger partial charge is 0.321 e.